The highest BCUT2D eigenvalue weighted by Gasteiger charge is 2.12. The van der Waals surface area contributed by atoms with Crippen LogP contribution in [-0.4, -0.2) is 26.6 Å². The molecular weight excluding hydrogens is 356 g/mol. The van der Waals surface area contributed by atoms with Crippen LogP contribution < -0.4 is 10.4 Å². The minimum atomic E-state index is -0.526. The van der Waals surface area contributed by atoms with Gasteiger partial charge in [-0.1, -0.05) is 37.1 Å². The maximum Gasteiger partial charge on any atom is 0.355 e. The summed E-state index contributed by atoms with van der Waals surface area (Å²) < 4.78 is 16.1. The lowest BCUT2D eigenvalue weighted by Gasteiger charge is -2.09. The van der Waals surface area contributed by atoms with E-state index in [9.17, 15) is 9.59 Å². The third-order valence-electron chi connectivity index (χ3n) is 3.75. The molecule has 1 aromatic heterocycles. The van der Waals surface area contributed by atoms with Crippen LogP contribution in [0.3, 0.4) is 0 Å². The van der Waals surface area contributed by atoms with Gasteiger partial charge in [0.15, 0.2) is 11.3 Å². The van der Waals surface area contributed by atoms with Gasteiger partial charge in [0.1, 0.15) is 11.3 Å². The lowest BCUT2D eigenvalue weighted by molar-refractivity contribution is -0.107. The number of rotatable bonds is 9. The third kappa shape index (κ3) is 6.81. The molecule has 0 N–H and O–H groups in total. The average Bonchev–Trinajstić information content (AvgIpc) is 2.66. The number of fused-ring (bicyclic) bond motifs is 1. The van der Waals surface area contributed by atoms with Crippen molar-refractivity contribution in [1.82, 2.24) is 0 Å². The Bertz CT molecular complexity index is 739. The van der Waals surface area contributed by atoms with Gasteiger partial charge in [0.2, 0.25) is 0 Å². The lowest BCUT2D eigenvalue weighted by Crippen LogP contribution is -2.04. The van der Waals surface area contributed by atoms with Gasteiger partial charge < -0.3 is 18.7 Å². The number of ether oxygens (including phenoxy) is 2. The Morgan fingerprint density at radius 2 is 1.81 bits per heavy atom. The quantitative estimate of drug-likeness (QED) is 0.349. The molecule has 0 saturated heterocycles. The second-order valence-electron chi connectivity index (χ2n) is 5.79. The first-order chi connectivity index (χ1) is 12.6. The van der Waals surface area contributed by atoms with Gasteiger partial charge in [0, 0.05) is 25.5 Å². The number of aldehydes is 1. The molecule has 144 valence electrons. The zero-order valence-corrected chi connectivity index (χ0v) is 16.4. The molecule has 0 amide bonds. The number of halogens is 1. The molecule has 6 heteroatoms. The van der Waals surface area contributed by atoms with Gasteiger partial charge in [-0.3, -0.25) is 0 Å². The Morgan fingerprint density at radius 1 is 1.15 bits per heavy atom. The van der Waals surface area contributed by atoms with Crippen molar-refractivity contribution in [2.45, 2.75) is 46.0 Å². The fourth-order valence-electron chi connectivity index (χ4n) is 2.32. The molecule has 0 atom stereocenters. The molecule has 5 nitrogen and oxygen atoms in total. The highest BCUT2D eigenvalue weighted by molar-refractivity contribution is 6.31. The van der Waals surface area contributed by atoms with Gasteiger partial charge in [-0.05, 0) is 37.8 Å². The number of aryl methyl sites for hydroxylation is 1. The van der Waals surface area contributed by atoms with E-state index in [1.54, 1.807) is 14.0 Å². The SMILES string of the molecule is CCC=O.COCCCCCCOc1cccc2c(C)c(Cl)c(=O)oc12. The normalized spacial score (nSPS) is 10.3. The number of para-hydroxylation sites is 1. The van der Waals surface area contributed by atoms with E-state index in [-0.39, 0.29) is 5.02 Å². The van der Waals surface area contributed by atoms with Crippen LogP contribution >= 0.6 is 11.6 Å². The van der Waals surface area contributed by atoms with E-state index in [2.05, 4.69) is 0 Å². The van der Waals surface area contributed by atoms with E-state index in [1.807, 2.05) is 25.1 Å². The standard InChI is InChI=1S/C17H21ClO4.C3H6O/c1-12-13-8-7-9-14(16(13)22-17(19)15(12)18)21-11-6-4-3-5-10-20-2;1-2-3-4/h7-9H,3-6,10-11H2,1-2H3;3H,2H2,1H3. The molecule has 0 saturated carbocycles. The Morgan fingerprint density at radius 3 is 2.42 bits per heavy atom. The van der Waals surface area contributed by atoms with E-state index in [0.29, 0.717) is 24.4 Å². The van der Waals surface area contributed by atoms with E-state index >= 15 is 0 Å². The number of benzene rings is 1. The van der Waals surface area contributed by atoms with Crippen LogP contribution in [0.4, 0.5) is 0 Å². The van der Waals surface area contributed by atoms with Crippen LogP contribution in [-0.2, 0) is 9.53 Å². The van der Waals surface area contributed by atoms with E-state index in [0.717, 1.165) is 49.5 Å². The Hall–Kier alpha value is -1.85. The summed E-state index contributed by atoms with van der Waals surface area (Å²) in [5, 5.41) is 0.935. The van der Waals surface area contributed by atoms with Crippen LogP contribution in [0.1, 0.15) is 44.6 Å². The molecule has 0 unspecified atom stereocenters. The van der Waals surface area contributed by atoms with Gasteiger partial charge in [0.05, 0.1) is 6.61 Å². The maximum absolute atomic E-state index is 11.7. The highest BCUT2D eigenvalue weighted by atomic mass is 35.5. The van der Waals surface area contributed by atoms with Crippen molar-refractivity contribution < 1.29 is 18.7 Å². The van der Waals surface area contributed by atoms with Crippen molar-refractivity contribution in [2.24, 2.45) is 0 Å². The van der Waals surface area contributed by atoms with Gasteiger partial charge in [0.25, 0.3) is 0 Å². The molecular formula is C20H27ClO5. The zero-order chi connectivity index (χ0) is 19.4. The van der Waals surface area contributed by atoms with Crippen molar-refractivity contribution in [1.29, 1.82) is 0 Å². The largest absolute Gasteiger partial charge is 0.490 e. The molecule has 0 bridgehead atoms. The highest BCUT2D eigenvalue weighted by Crippen LogP contribution is 2.29. The molecule has 1 aromatic carbocycles. The molecule has 0 aliphatic rings. The number of hydrogen-bond donors (Lipinski definition) is 0. The summed E-state index contributed by atoms with van der Waals surface area (Å²) in [6, 6.07) is 5.56. The summed E-state index contributed by atoms with van der Waals surface area (Å²) in [7, 11) is 1.71. The smallest absolute Gasteiger partial charge is 0.355 e. The number of carbonyl (C=O) groups excluding carboxylic acids is 1. The van der Waals surface area contributed by atoms with Crippen LogP contribution in [0.2, 0.25) is 5.02 Å². The van der Waals surface area contributed by atoms with E-state index in [4.69, 9.17) is 25.5 Å². The topological polar surface area (TPSA) is 65.7 Å². The molecule has 2 rings (SSSR count). The van der Waals surface area contributed by atoms with E-state index < -0.39 is 5.63 Å². The van der Waals surface area contributed by atoms with Crippen LogP contribution in [0.25, 0.3) is 11.0 Å². The first kappa shape index (κ1) is 22.2. The first-order valence-corrected chi connectivity index (χ1v) is 9.21. The van der Waals surface area contributed by atoms with Gasteiger partial charge in [-0.25, -0.2) is 4.79 Å². The summed E-state index contributed by atoms with van der Waals surface area (Å²) in [4.78, 5) is 20.9. The second kappa shape index (κ2) is 12.5. The average molecular weight is 383 g/mol. The van der Waals surface area contributed by atoms with Crippen molar-refractivity contribution in [2.75, 3.05) is 20.3 Å². The Kier molecular flexibility index (Phi) is 10.7. The molecule has 1 heterocycles. The summed E-state index contributed by atoms with van der Waals surface area (Å²) in [6.07, 6.45) is 5.74. The number of methoxy groups -OCH3 is 1. The summed E-state index contributed by atoms with van der Waals surface area (Å²) in [6.45, 7) is 5.01. The van der Waals surface area contributed by atoms with Crippen LogP contribution in [0.15, 0.2) is 27.4 Å². The van der Waals surface area contributed by atoms with Gasteiger partial charge >= 0.3 is 5.63 Å². The summed E-state index contributed by atoms with van der Waals surface area (Å²) in [5.41, 5.74) is 0.661. The van der Waals surface area contributed by atoms with Gasteiger partial charge in [-0.15, -0.1) is 0 Å². The Balaban J connectivity index is 0.000000765. The number of hydrogen-bond acceptors (Lipinski definition) is 5. The van der Waals surface area contributed by atoms with Crippen LogP contribution in [0, 0.1) is 6.92 Å². The molecule has 0 spiro atoms. The minimum absolute atomic E-state index is 0.128. The summed E-state index contributed by atoms with van der Waals surface area (Å²) in [5.74, 6) is 0.589. The fraction of sp³-hybridized carbons (Fsp3) is 0.500. The van der Waals surface area contributed by atoms with Crippen molar-refractivity contribution in [3.05, 3.63) is 39.2 Å². The zero-order valence-electron chi connectivity index (χ0n) is 15.7. The predicted octanol–water partition coefficient (Wildman–Crippen LogP) is 4.94. The maximum atomic E-state index is 11.7. The lowest BCUT2D eigenvalue weighted by atomic mass is 10.1. The Labute approximate surface area is 159 Å². The molecule has 0 radical (unpaired) electrons. The molecule has 0 aliphatic heterocycles. The van der Waals surface area contributed by atoms with Crippen molar-refractivity contribution in [3.8, 4) is 5.75 Å². The molecule has 0 fully saturated rings. The van der Waals surface area contributed by atoms with Crippen molar-refractivity contribution >= 4 is 28.9 Å². The minimum Gasteiger partial charge on any atom is -0.490 e. The summed E-state index contributed by atoms with van der Waals surface area (Å²) >= 11 is 5.94. The molecule has 2 aromatic rings. The van der Waals surface area contributed by atoms with Crippen molar-refractivity contribution in [3.63, 3.8) is 0 Å². The van der Waals surface area contributed by atoms with E-state index in [1.165, 1.54) is 0 Å². The number of unbranched alkanes of at least 4 members (excludes halogenated alkanes) is 3. The number of carbonyl (C=O) groups is 1. The first-order valence-electron chi connectivity index (χ1n) is 8.84. The van der Waals surface area contributed by atoms with Crippen LogP contribution in [0.5, 0.6) is 5.75 Å². The second-order valence-corrected chi connectivity index (χ2v) is 6.17. The molecule has 26 heavy (non-hydrogen) atoms. The predicted molar refractivity (Wildman–Crippen MR) is 104 cm³/mol. The fourth-order valence-corrected chi connectivity index (χ4v) is 2.46. The molecule has 0 aliphatic carbocycles. The monoisotopic (exact) mass is 382 g/mol. The van der Waals surface area contributed by atoms with Gasteiger partial charge in [-0.2, -0.15) is 0 Å². The third-order valence-corrected chi connectivity index (χ3v) is 4.19.